The van der Waals surface area contributed by atoms with Crippen molar-refractivity contribution in [2.24, 2.45) is 17.1 Å². The monoisotopic (exact) mass is 271 g/mol. The van der Waals surface area contributed by atoms with Crippen molar-refractivity contribution in [3.63, 3.8) is 0 Å². The highest BCUT2D eigenvalue weighted by Gasteiger charge is 2.35. The number of amides is 2. The average molecular weight is 271 g/mol. The molecule has 1 saturated heterocycles. The number of hydrogen-bond acceptors (Lipinski definition) is 4. The molecule has 2 atom stereocenters. The summed E-state index contributed by atoms with van der Waals surface area (Å²) in [6.07, 6.45) is 1.01. The number of carbonyl (C=O) groups is 2. The van der Waals surface area contributed by atoms with E-state index in [1.807, 2.05) is 0 Å². The third-order valence-electron chi connectivity index (χ3n) is 3.45. The Morgan fingerprint density at radius 2 is 2.05 bits per heavy atom. The molecule has 1 fully saturated rings. The highest BCUT2D eigenvalue weighted by Crippen LogP contribution is 2.16. The second-order valence-electron chi connectivity index (χ2n) is 5.67. The lowest BCUT2D eigenvalue weighted by Crippen LogP contribution is -2.48. The number of primary amides is 1. The van der Waals surface area contributed by atoms with Crippen LogP contribution < -0.4 is 16.4 Å². The summed E-state index contributed by atoms with van der Waals surface area (Å²) in [6, 6.07) is 0.0524. The summed E-state index contributed by atoms with van der Waals surface area (Å²) < 4.78 is 5.35. The summed E-state index contributed by atoms with van der Waals surface area (Å²) in [7, 11) is 0. The fraction of sp³-hybridized carbons (Fsp3) is 0.846. The lowest BCUT2D eigenvalue weighted by atomic mass is 9.92. The molecule has 6 heteroatoms. The molecule has 0 saturated carbocycles. The van der Waals surface area contributed by atoms with Gasteiger partial charge in [0.25, 0.3) is 0 Å². The van der Waals surface area contributed by atoms with Crippen LogP contribution >= 0.6 is 0 Å². The Morgan fingerprint density at radius 1 is 1.37 bits per heavy atom. The highest BCUT2D eigenvalue weighted by molar-refractivity contribution is 5.83. The molecule has 1 aliphatic heterocycles. The van der Waals surface area contributed by atoms with Gasteiger partial charge in [-0.15, -0.1) is 0 Å². The van der Waals surface area contributed by atoms with E-state index in [-0.39, 0.29) is 24.4 Å². The highest BCUT2D eigenvalue weighted by atomic mass is 16.5. The van der Waals surface area contributed by atoms with Crippen LogP contribution in [-0.2, 0) is 14.3 Å². The molecule has 4 N–H and O–H groups in total. The quantitative estimate of drug-likeness (QED) is 0.589. The molecule has 0 spiro atoms. The van der Waals surface area contributed by atoms with Crippen molar-refractivity contribution in [1.29, 1.82) is 0 Å². The molecule has 1 aliphatic rings. The van der Waals surface area contributed by atoms with Crippen molar-refractivity contribution >= 4 is 11.8 Å². The van der Waals surface area contributed by atoms with Gasteiger partial charge in [0.05, 0.1) is 24.5 Å². The largest absolute Gasteiger partial charge is 0.379 e. The first-order valence-corrected chi connectivity index (χ1v) is 6.77. The zero-order chi connectivity index (χ0) is 14.5. The van der Waals surface area contributed by atoms with Crippen molar-refractivity contribution in [2.45, 2.75) is 33.2 Å². The zero-order valence-corrected chi connectivity index (χ0v) is 12.0. The summed E-state index contributed by atoms with van der Waals surface area (Å²) in [6.45, 7) is 7.60. The van der Waals surface area contributed by atoms with E-state index >= 15 is 0 Å². The van der Waals surface area contributed by atoms with Crippen molar-refractivity contribution in [2.75, 3.05) is 26.3 Å². The van der Waals surface area contributed by atoms with E-state index in [0.717, 1.165) is 13.0 Å². The van der Waals surface area contributed by atoms with Crippen LogP contribution in [0.3, 0.4) is 0 Å². The maximum atomic E-state index is 12.1. The Morgan fingerprint density at radius 3 is 2.63 bits per heavy atom. The molecule has 0 aliphatic carbocycles. The molecule has 0 aromatic rings. The SMILES string of the molecule is CCCNC1COCC1C(=O)NCC(C)(C)C(N)=O. The summed E-state index contributed by atoms with van der Waals surface area (Å²) in [5.74, 6) is -0.702. The number of rotatable bonds is 7. The molecule has 0 aromatic carbocycles. The van der Waals surface area contributed by atoms with Gasteiger partial charge in [-0.2, -0.15) is 0 Å². The van der Waals surface area contributed by atoms with Crippen LogP contribution in [0.25, 0.3) is 0 Å². The summed E-state index contributed by atoms with van der Waals surface area (Å²) >= 11 is 0. The minimum Gasteiger partial charge on any atom is -0.379 e. The summed E-state index contributed by atoms with van der Waals surface area (Å²) in [4.78, 5) is 23.3. The fourth-order valence-electron chi connectivity index (χ4n) is 1.87. The van der Waals surface area contributed by atoms with E-state index in [0.29, 0.717) is 13.2 Å². The van der Waals surface area contributed by atoms with Crippen molar-refractivity contribution in [3.05, 3.63) is 0 Å². The smallest absolute Gasteiger partial charge is 0.227 e. The number of nitrogens with one attached hydrogen (secondary N) is 2. The first-order valence-electron chi connectivity index (χ1n) is 6.77. The maximum Gasteiger partial charge on any atom is 0.227 e. The summed E-state index contributed by atoms with van der Waals surface area (Å²) in [5, 5.41) is 6.10. The van der Waals surface area contributed by atoms with E-state index in [1.54, 1.807) is 13.8 Å². The van der Waals surface area contributed by atoms with Gasteiger partial charge in [0.15, 0.2) is 0 Å². The van der Waals surface area contributed by atoms with Gasteiger partial charge in [-0.25, -0.2) is 0 Å². The third kappa shape index (κ3) is 4.47. The zero-order valence-electron chi connectivity index (χ0n) is 12.0. The lowest BCUT2D eigenvalue weighted by Gasteiger charge is -2.23. The van der Waals surface area contributed by atoms with E-state index < -0.39 is 11.3 Å². The standard InChI is InChI=1S/C13H25N3O3/c1-4-5-15-10-7-19-6-9(10)11(17)16-8-13(2,3)12(14)18/h9-10,15H,4-8H2,1-3H3,(H2,14,18)(H,16,17). The lowest BCUT2D eigenvalue weighted by molar-refractivity contribution is -0.128. The minimum absolute atomic E-state index is 0.0524. The molecular formula is C13H25N3O3. The fourth-order valence-corrected chi connectivity index (χ4v) is 1.87. The predicted molar refractivity (Wildman–Crippen MR) is 72.4 cm³/mol. The molecule has 2 amide bonds. The van der Waals surface area contributed by atoms with E-state index in [4.69, 9.17) is 10.5 Å². The second-order valence-corrected chi connectivity index (χ2v) is 5.67. The Kier molecular flexibility index (Phi) is 5.75. The van der Waals surface area contributed by atoms with E-state index in [1.165, 1.54) is 0 Å². The Balaban J connectivity index is 2.46. The molecule has 110 valence electrons. The van der Waals surface area contributed by atoms with E-state index in [2.05, 4.69) is 17.6 Å². The van der Waals surface area contributed by atoms with Gasteiger partial charge in [0.2, 0.25) is 11.8 Å². The van der Waals surface area contributed by atoms with Crippen LogP contribution in [0.15, 0.2) is 0 Å². The number of hydrogen-bond donors (Lipinski definition) is 3. The molecule has 0 bridgehead atoms. The first-order chi connectivity index (χ1) is 8.88. The van der Waals surface area contributed by atoms with Gasteiger partial charge in [-0.05, 0) is 26.8 Å². The number of carbonyl (C=O) groups excluding carboxylic acids is 2. The Hall–Kier alpha value is -1.14. The molecule has 1 heterocycles. The van der Waals surface area contributed by atoms with Gasteiger partial charge in [-0.1, -0.05) is 6.92 Å². The summed E-state index contributed by atoms with van der Waals surface area (Å²) in [5.41, 5.74) is 4.54. The number of nitrogens with two attached hydrogens (primary N) is 1. The van der Waals surface area contributed by atoms with Gasteiger partial charge in [-0.3, -0.25) is 9.59 Å². The van der Waals surface area contributed by atoms with Crippen LogP contribution in [0.1, 0.15) is 27.2 Å². The van der Waals surface area contributed by atoms with Crippen LogP contribution in [-0.4, -0.2) is 44.2 Å². The second kappa shape index (κ2) is 6.86. The number of ether oxygens (including phenoxy) is 1. The van der Waals surface area contributed by atoms with Crippen LogP contribution in [0.5, 0.6) is 0 Å². The maximum absolute atomic E-state index is 12.1. The van der Waals surface area contributed by atoms with Crippen molar-refractivity contribution in [1.82, 2.24) is 10.6 Å². The van der Waals surface area contributed by atoms with Crippen molar-refractivity contribution < 1.29 is 14.3 Å². The van der Waals surface area contributed by atoms with Crippen molar-refractivity contribution in [3.8, 4) is 0 Å². The van der Waals surface area contributed by atoms with Gasteiger partial charge >= 0.3 is 0 Å². The first kappa shape index (κ1) is 15.9. The van der Waals surface area contributed by atoms with Crippen LogP contribution in [0, 0.1) is 11.3 Å². The Labute approximate surface area is 114 Å². The molecule has 1 rings (SSSR count). The van der Waals surface area contributed by atoms with E-state index in [9.17, 15) is 9.59 Å². The molecule has 2 unspecified atom stereocenters. The average Bonchev–Trinajstić information content (AvgIpc) is 2.81. The van der Waals surface area contributed by atoms with Crippen LogP contribution in [0.2, 0.25) is 0 Å². The molecule has 0 aromatic heterocycles. The van der Waals surface area contributed by atoms with Gasteiger partial charge in [0.1, 0.15) is 0 Å². The minimum atomic E-state index is -0.735. The third-order valence-corrected chi connectivity index (χ3v) is 3.45. The molecular weight excluding hydrogens is 246 g/mol. The predicted octanol–water partition coefficient (Wildman–Crippen LogP) is -0.371. The van der Waals surface area contributed by atoms with Gasteiger partial charge < -0.3 is 21.1 Å². The molecule has 0 radical (unpaired) electrons. The van der Waals surface area contributed by atoms with Crippen LogP contribution in [0.4, 0.5) is 0 Å². The normalized spacial score (nSPS) is 23.3. The molecule has 6 nitrogen and oxygen atoms in total. The Bertz CT molecular complexity index is 331. The van der Waals surface area contributed by atoms with Gasteiger partial charge in [0, 0.05) is 12.6 Å². The molecule has 19 heavy (non-hydrogen) atoms. The topological polar surface area (TPSA) is 93.4 Å².